The largest absolute Gasteiger partial charge is 0.311 e. The molecule has 122 valence electrons. The van der Waals surface area contributed by atoms with Gasteiger partial charge >= 0.3 is 0 Å². The van der Waals surface area contributed by atoms with Crippen molar-refractivity contribution in [2.75, 3.05) is 11.9 Å². The van der Waals surface area contributed by atoms with Gasteiger partial charge in [0, 0.05) is 30.0 Å². The highest BCUT2D eigenvalue weighted by Crippen LogP contribution is 2.23. The van der Waals surface area contributed by atoms with Crippen LogP contribution in [0.15, 0.2) is 22.7 Å². The molecule has 1 aromatic carbocycles. The Labute approximate surface area is 144 Å². The fourth-order valence-corrected chi connectivity index (χ4v) is 3.38. The predicted molar refractivity (Wildman–Crippen MR) is 94.4 cm³/mol. The molecule has 0 aliphatic carbocycles. The van der Waals surface area contributed by atoms with Gasteiger partial charge in [0.2, 0.25) is 5.91 Å². The summed E-state index contributed by atoms with van der Waals surface area (Å²) in [5.41, 5.74) is 4.72. The SMILES string of the molecule is Cc1c(Br)cccc1CCC(=O)Nc1nn(C)c2c1CCNC2. The molecule has 5 nitrogen and oxygen atoms in total. The van der Waals surface area contributed by atoms with E-state index < -0.39 is 0 Å². The van der Waals surface area contributed by atoms with Gasteiger partial charge in [0.1, 0.15) is 0 Å². The van der Waals surface area contributed by atoms with Gasteiger partial charge < -0.3 is 10.6 Å². The van der Waals surface area contributed by atoms with Gasteiger partial charge in [0.05, 0.1) is 5.69 Å². The highest BCUT2D eigenvalue weighted by Gasteiger charge is 2.20. The number of aryl methyl sites for hydroxylation is 2. The van der Waals surface area contributed by atoms with Crippen LogP contribution in [0.4, 0.5) is 5.82 Å². The van der Waals surface area contributed by atoms with Gasteiger partial charge in [-0.15, -0.1) is 0 Å². The van der Waals surface area contributed by atoms with Gasteiger partial charge in [-0.25, -0.2) is 0 Å². The van der Waals surface area contributed by atoms with Crippen LogP contribution in [0.3, 0.4) is 0 Å². The van der Waals surface area contributed by atoms with Crippen molar-refractivity contribution in [3.05, 3.63) is 45.1 Å². The summed E-state index contributed by atoms with van der Waals surface area (Å²) in [6.45, 7) is 3.81. The number of rotatable bonds is 4. The van der Waals surface area contributed by atoms with E-state index in [9.17, 15) is 4.79 Å². The van der Waals surface area contributed by atoms with Crippen LogP contribution >= 0.6 is 15.9 Å². The average molecular weight is 377 g/mol. The molecule has 23 heavy (non-hydrogen) atoms. The van der Waals surface area contributed by atoms with E-state index in [0.717, 1.165) is 41.9 Å². The zero-order valence-corrected chi connectivity index (χ0v) is 15.0. The normalized spacial score (nSPS) is 13.7. The number of hydrogen-bond acceptors (Lipinski definition) is 3. The van der Waals surface area contributed by atoms with Crippen LogP contribution in [0.1, 0.15) is 28.8 Å². The number of carbonyl (C=O) groups is 1. The maximum atomic E-state index is 12.3. The molecule has 3 rings (SSSR count). The zero-order valence-electron chi connectivity index (χ0n) is 13.4. The second kappa shape index (κ2) is 6.84. The Morgan fingerprint density at radius 2 is 2.30 bits per heavy atom. The van der Waals surface area contributed by atoms with E-state index in [0.29, 0.717) is 6.42 Å². The molecule has 1 aromatic heterocycles. The number of carbonyl (C=O) groups excluding carboxylic acids is 1. The number of fused-ring (bicyclic) bond motifs is 1. The number of hydrogen-bond donors (Lipinski definition) is 2. The Hall–Kier alpha value is -1.66. The van der Waals surface area contributed by atoms with Crippen molar-refractivity contribution in [3.63, 3.8) is 0 Å². The third-order valence-electron chi connectivity index (χ3n) is 4.38. The lowest BCUT2D eigenvalue weighted by Gasteiger charge is -2.14. The van der Waals surface area contributed by atoms with Crippen LogP contribution in [-0.2, 0) is 31.2 Å². The fraction of sp³-hybridized carbons (Fsp3) is 0.412. The fourth-order valence-electron chi connectivity index (χ4n) is 2.97. The maximum absolute atomic E-state index is 12.3. The van der Waals surface area contributed by atoms with E-state index in [1.807, 2.05) is 23.9 Å². The molecular formula is C17H21BrN4O. The molecule has 1 aliphatic heterocycles. The minimum Gasteiger partial charge on any atom is -0.311 e. The lowest BCUT2D eigenvalue weighted by Crippen LogP contribution is -2.25. The lowest BCUT2D eigenvalue weighted by atomic mass is 10.0. The standard InChI is InChI=1S/C17H21BrN4O/c1-11-12(4-3-5-14(11)18)6-7-16(23)20-17-13-8-9-19-10-15(13)22(2)21-17/h3-5,19H,6-10H2,1-2H3,(H,20,21,23). The van der Waals surface area contributed by atoms with Crippen LogP contribution in [0.25, 0.3) is 0 Å². The van der Waals surface area contributed by atoms with Crippen molar-refractivity contribution in [1.82, 2.24) is 15.1 Å². The Morgan fingerprint density at radius 3 is 3.13 bits per heavy atom. The number of amides is 1. The molecule has 0 atom stereocenters. The second-order valence-corrected chi connectivity index (χ2v) is 6.75. The predicted octanol–water partition coefficient (Wildman–Crippen LogP) is 2.71. The summed E-state index contributed by atoms with van der Waals surface area (Å²) in [7, 11) is 1.92. The van der Waals surface area contributed by atoms with Gasteiger partial charge in [-0.05, 0) is 43.5 Å². The Kier molecular flexibility index (Phi) is 4.82. The lowest BCUT2D eigenvalue weighted by molar-refractivity contribution is -0.116. The molecular weight excluding hydrogens is 356 g/mol. The molecule has 2 heterocycles. The summed E-state index contributed by atoms with van der Waals surface area (Å²) in [5.74, 6) is 0.740. The second-order valence-electron chi connectivity index (χ2n) is 5.90. The third-order valence-corrected chi connectivity index (χ3v) is 5.24. The van der Waals surface area contributed by atoms with Crippen molar-refractivity contribution >= 4 is 27.7 Å². The van der Waals surface area contributed by atoms with Crippen LogP contribution in [0.5, 0.6) is 0 Å². The van der Waals surface area contributed by atoms with Crippen LogP contribution in [0, 0.1) is 6.92 Å². The molecule has 0 unspecified atom stereocenters. The number of benzene rings is 1. The zero-order chi connectivity index (χ0) is 16.4. The summed E-state index contributed by atoms with van der Waals surface area (Å²) in [5, 5.41) is 10.8. The van der Waals surface area contributed by atoms with Crippen molar-refractivity contribution in [3.8, 4) is 0 Å². The Balaban J connectivity index is 1.65. The minimum absolute atomic E-state index is 0.0174. The van der Waals surface area contributed by atoms with Crippen molar-refractivity contribution < 1.29 is 4.79 Å². The van der Waals surface area contributed by atoms with Crippen molar-refractivity contribution in [2.45, 2.75) is 32.7 Å². The van der Waals surface area contributed by atoms with Gasteiger partial charge in [-0.3, -0.25) is 9.48 Å². The van der Waals surface area contributed by atoms with Gasteiger partial charge in [0.25, 0.3) is 0 Å². The number of nitrogens with one attached hydrogen (secondary N) is 2. The topological polar surface area (TPSA) is 59.0 Å². The smallest absolute Gasteiger partial charge is 0.225 e. The van der Waals surface area contributed by atoms with E-state index in [4.69, 9.17) is 0 Å². The molecule has 0 radical (unpaired) electrons. The van der Waals surface area contributed by atoms with Crippen molar-refractivity contribution in [1.29, 1.82) is 0 Å². The van der Waals surface area contributed by atoms with Crippen molar-refractivity contribution in [2.24, 2.45) is 7.05 Å². The van der Waals surface area contributed by atoms with E-state index in [2.05, 4.69) is 44.7 Å². The third kappa shape index (κ3) is 3.48. The molecule has 0 bridgehead atoms. The highest BCUT2D eigenvalue weighted by atomic mass is 79.9. The van der Waals surface area contributed by atoms with E-state index >= 15 is 0 Å². The molecule has 0 saturated heterocycles. The van der Waals surface area contributed by atoms with Gasteiger partial charge in [0.15, 0.2) is 5.82 Å². The average Bonchev–Trinajstić information content (AvgIpc) is 2.85. The van der Waals surface area contributed by atoms with Crippen LogP contribution < -0.4 is 10.6 Å². The monoisotopic (exact) mass is 376 g/mol. The van der Waals surface area contributed by atoms with Crippen LogP contribution in [0.2, 0.25) is 0 Å². The van der Waals surface area contributed by atoms with Gasteiger partial charge in [-0.1, -0.05) is 28.1 Å². The summed E-state index contributed by atoms with van der Waals surface area (Å²) >= 11 is 3.53. The molecule has 2 N–H and O–H groups in total. The molecule has 6 heteroatoms. The first-order valence-electron chi connectivity index (χ1n) is 7.85. The molecule has 0 fully saturated rings. The number of aromatic nitrogens is 2. The summed E-state index contributed by atoms with van der Waals surface area (Å²) in [6.07, 6.45) is 2.10. The van der Waals surface area contributed by atoms with Crippen LogP contribution in [-0.4, -0.2) is 22.2 Å². The molecule has 1 aliphatic rings. The molecule has 0 spiro atoms. The van der Waals surface area contributed by atoms with E-state index in [-0.39, 0.29) is 5.91 Å². The summed E-state index contributed by atoms with van der Waals surface area (Å²) < 4.78 is 2.94. The summed E-state index contributed by atoms with van der Waals surface area (Å²) in [6, 6.07) is 6.10. The molecule has 0 saturated carbocycles. The molecule has 2 aromatic rings. The summed E-state index contributed by atoms with van der Waals surface area (Å²) in [4.78, 5) is 12.3. The quantitative estimate of drug-likeness (QED) is 0.862. The minimum atomic E-state index is 0.0174. The Morgan fingerprint density at radius 1 is 1.48 bits per heavy atom. The first-order valence-corrected chi connectivity index (χ1v) is 8.65. The van der Waals surface area contributed by atoms with Gasteiger partial charge in [-0.2, -0.15) is 5.10 Å². The Bertz CT molecular complexity index is 738. The number of nitrogens with zero attached hydrogens (tertiary/aromatic N) is 2. The highest BCUT2D eigenvalue weighted by molar-refractivity contribution is 9.10. The number of anilines is 1. The first kappa shape index (κ1) is 16.2. The van der Waals surface area contributed by atoms with E-state index in [1.165, 1.54) is 16.7 Å². The first-order chi connectivity index (χ1) is 11.1. The van der Waals surface area contributed by atoms with E-state index in [1.54, 1.807) is 0 Å². The maximum Gasteiger partial charge on any atom is 0.225 e. The molecule has 1 amide bonds. The number of halogens is 1.